The van der Waals surface area contributed by atoms with E-state index in [-0.39, 0.29) is 23.2 Å². The number of hydrogen-bond acceptors (Lipinski definition) is 4. The van der Waals surface area contributed by atoms with Gasteiger partial charge >= 0.3 is 0 Å². The van der Waals surface area contributed by atoms with E-state index in [2.05, 4.69) is 4.72 Å². The summed E-state index contributed by atoms with van der Waals surface area (Å²) in [5.41, 5.74) is 5.37. The van der Waals surface area contributed by atoms with Crippen molar-refractivity contribution in [2.45, 2.75) is 17.9 Å². The molecule has 0 saturated carbocycles. The summed E-state index contributed by atoms with van der Waals surface area (Å²) in [7, 11) is -2.26. The molecule has 0 saturated heterocycles. The first-order valence-electron chi connectivity index (χ1n) is 4.96. The van der Waals surface area contributed by atoms with Crippen LogP contribution in [0.25, 0.3) is 0 Å². The highest BCUT2D eigenvalue weighted by molar-refractivity contribution is 7.89. The van der Waals surface area contributed by atoms with Gasteiger partial charge in [0.05, 0.1) is 7.11 Å². The van der Waals surface area contributed by atoms with E-state index in [0.717, 1.165) is 0 Å². The van der Waals surface area contributed by atoms with Crippen LogP contribution in [-0.2, 0) is 10.0 Å². The Morgan fingerprint density at radius 2 is 2.18 bits per heavy atom. The number of benzene rings is 1. The molecular formula is C10H15ClN2O3S. The number of ether oxygens (including phenoxy) is 1. The zero-order chi connectivity index (χ0) is 13.1. The predicted molar refractivity (Wildman–Crippen MR) is 66.8 cm³/mol. The molecule has 0 amide bonds. The fourth-order valence-corrected chi connectivity index (χ4v) is 2.81. The van der Waals surface area contributed by atoms with Gasteiger partial charge in [-0.1, -0.05) is 11.6 Å². The minimum atomic E-state index is -3.64. The van der Waals surface area contributed by atoms with Gasteiger partial charge in [0.1, 0.15) is 10.6 Å². The number of rotatable bonds is 5. The molecule has 17 heavy (non-hydrogen) atoms. The molecule has 1 aromatic carbocycles. The molecule has 0 radical (unpaired) electrons. The van der Waals surface area contributed by atoms with Crippen molar-refractivity contribution in [1.29, 1.82) is 0 Å². The monoisotopic (exact) mass is 278 g/mol. The van der Waals surface area contributed by atoms with Crippen LogP contribution in [0.3, 0.4) is 0 Å². The molecule has 0 bridgehead atoms. The summed E-state index contributed by atoms with van der Waals surface area (Å²) >= 11 is 5.76. The van der Waals surface area contributed by atoms with Gasteiger partial charge in [0.15, 0.2) is 0 Å². The van der Waals surface area contributed by atoms with Crippen molar-refractivity contribution in [1.82, 2.24) is 4.72 Å². The number of hydrogen-bond donors (Lipinski definition) is 2. The maximum Gasteiger partial charge on any atom is 0.244 e. The fraction of sp³-hybridized carbons (Fsp3) is 0.400. The third-order valence-electron chi connectivity index (χ3n) is 2.13. The second-order valence-electron chi connectivity index (χ2n) is 3.55. The Balaban J connectivity index is 3.15. The molecule has 5 nitrogen and oxygen atoms in total. The van der Waals surface area contributed by atoms with Crippen LogP contribution in [0.2, 0.25) is 5.02 Å². The van der Waals surface area contributed by atoms with Crippen molar-refractivity contribution in [3.05, 3.63) is 23.2 Å². The Labute approximate surface area is 106 Å². The van der Waals surface area contributed by atoms with E-state index in [9.17, 15) is 8.42 Å². The summed E-state index contributed by atoms with van der Waals surface area (Å²) in [5, 5.41) is 0.410. The van der Waals surface area contributed by atoms with Crippen molar-refractivity contribution >= 4 is 21.6 Å². The number of methoxy groups -OCH3 is 1. The van der Waals surface area contributed by atoms with Crippen LogP contribution < -0.4 is 15.2 Å². The molecule has 0 fully saturated rings. The lowest BCUT2D eigenvalue weighted by Crippen LogP contribution is -2.37. The van der Waals surface area contributed by atoms with Crippen molar-refractivity contribution in [2.24, 2.45) is 5.73 Å². The molecule has 3 N–H and O–H groups in total. The highest BCUT2D eigenvalue weighted by atomic mass is 35.5. The fourth-order valence-electron chi connectivity index (χ4n) is 1.24. The predicted octanol–water partition coefficient (Wildman–Crippen LogP) is 0.974. The lowest BCUT2D eigenvalue weighted by atomic mass is 10.3. The van der Waals surface area contributed by atoms with Crippen molar-refractivity contribution in [3.63, 3.8) is 0 Å². The molecule has 0 aliphatic rings. The Morgan fingerprint density at radius 1 is 1.53 bits per heavy atom. The third kappa shape index (κ3) is 3.57. The topological polar surface area (TPSA) is 81.4 Å². The second kappa shape index (κ2) is 5.68. The van der Waals surface area contributed by atoms with E-state index < -0.39 is 10.0 Å². The summed E-state index contributed by atoms with van der Waals surface area (Å²) in [6, 6.07) is 3.99. The quantitative estimate of drug-likeness (QED) is 0.841. The average molecular weight is 279 g/mol. The first-order valence-corrected chi connectivity index (χ1v) is 6.82. The number of nitrogens with two attached hydrogens (primary N) is 1. The Bertz CT molecular complexity index is 490. The minimum absolute atomic E-state index is 0.0460. The maximum atomic E-state index is 12.0. The molecule has 0 aromatic heterocycles. The Morgan fingerprint density at radius 3 is 2.71 bits per heavy atom. The first-order chi connectivity index (χ1) is 7.90. The molecule has 0 aliphatic carbocycles. The number of sulfonamides is 1. The standard InChI is InChI=1S/C10H15ClN2O3S/c1-7(6-12)13-17(14,15)10-4-3-8(11)5-9(10)16-2/h3-5,7,13H,6,12H2,1-2H3. The van der Waals surface area contributed by atoms with Crippen molar-refractivity contribution < 1.29 is 13.2 Å². The normalized spacial score (nSPS) is 13.4. The summed E-state index contributed by atoms with van der Waals surface area (Å²) in [5.74, 6) is 0.203. The van der Waals surface area contributed by atoms with Gasteiger partial charge in [-0.05, 0) is 19.1 Å². The summed E-state index contributed by atoms with van der Waals surface area (Å²) in [6.45, 7) is 1.90. The van der Waals surface area contributed by atoms with Crippen LogP contribution in [0.15, 0.2) is 23.1 Å². The number of halogens is 1. The molecule has 1 unspecified atom stereocenters. The van der Waals surface area contributed by atoms with Crippen LogP contribution in [0.5, 0.6) is 5.75 Å². The lowest BCUT2D eigenvalue weighted by molar-refractivity contribution is 0.402. The molecule has 7 heteroatoms. The summed E-state index contributed by atoms with van der Waals surface area (Å²) in [6.07, 6.45) is 0. The largest absolute Gasteiger partial charge is 0.495 e. The molecule has 1 aromatic rings. The maximum absolute atomic E-state index is 12.0. The van der Waals surface area contributed by atoms with Crippen LogP contribution in [0, 0.1) is 0 Å². The third-order valence-corrected chi connectivity index (χ3v) is 3.99. The SMILES string of the molecule is COc1cc(Cl)ccc1S(=O)(=O)NC(C)CN. The van der Waals surface area contributed by atoms with Gasteiger partial charge in [-0.2, -0.15) is 0 Å². The lowest BCUT2D eigenvalue weighted by Gasteiger charge is -2.14. The molecule has 1 atom stereocenters. The molecule has 0 spiro atoms. The zero-order valence-corrected chi connectivity index (χ0v) is 11.2. The minimum Gasteiger partial charge on any atom is -0.495 e. The van der Waals surface area contributed by atoms with E-state index in [1.807, 2.05) is 0 Å². The van der Waals surface area contributed by atoms with Gasteiger partial charge in [-0.25, -0.2) is 13.1 Å². The van der Waals surface area contributed by atoms with E-state index in [4.69, 9.17) is 22.1 Å². The Kier molecular flexibility index (Phi) is 4.76. The highest BCUT2D eigenvalue weighted by Crippen LogP contribution is 2.27. The van der Waals surface area contributed by atoms with Crippen molar-refractivity contribution in [3.8, 4) is 5.75 Å². The molecule has 0 heterocycles. The molecule has 0 aliphatic heterocycles. The van der Waals surface area contributed by atoms with Crippen LogP contribution in [0.1, 0.15) is 6.92 Å². The van der Waals surface area contributed by atoms with Crippen LogP contribution in [-0.4, -0.2) is 28.1 Å². The molecular weight excluding hydrogens is 264 g/mol. The average Bonchev–Trinajstić information content (AvgIpc) is 2.27. The van der Waals surface area contributed by atoms with E-state index in [1.165, 1.54) is 25.3 Å². The van der Waals surface area contributed by atoms with Crippen LogP contribution >= 0.6 is 11.6 Å². The second-order valence-corrected chi connectivity index (χ2v) is 5.67. The van der Waals surface area contributed by atoms with Crippen molar-refractivity contribution in [2.75, 3.05) is 13.7 Å². The smallest absolute Gasteiger partial charge is 0.244 e. The van der Waals surface area contributed by atoms with E-state index in [0.29, 0.717) is 5.02 Å². The van der Waals surface area contributed by atoms with Gasteiger partial charge in [0, 0.05) is 23.7 Å². The van der Waals surface area contributed by atoms with Gasteiger partial charge in [0.2, 0.25) is 10.0 Å². The highest BCUT2D eigenvalue weighted by Gasteiger charge is 2.21. The van der Waals surface area contributed by atoms with Gasteiger partial charge in [-0.3, -0.25) is 0 Å². The molecule has 96 valence electrons. The van der Waals surface area contributed by atoms with Crippen LogP contribution in [0.4, 0.5) is 0 Å². The zero-order valence-electron chi connectivity index (χ0n) is 9.60. The van der Waals surface area contributed by atoms with E-state index >= 15 is 0 Å². The first kappa shape index (κ1) is 14.2. The Hall–Kier alpha value is -0.820. The van der Waals surface area contributed by atoms with Gasteiger partial charge in [0.25, 0.3) is 0 Å². The van der Waals surface area contributed by atoms with Gasteiger partial charge in [-0.15, -0.1) is 0 Å². The number of nitrogens with one attached hydrogen (secondary N) is 1. The van der Waals surface area contributed by atoms with E-state index in [1.54, 1.807) is 6.92 Å². The summed E-state index contributed by atoms with van der Waals surface area (Å²) in [4.78, 5) is 0.0460. The van der Waals surface area contributed by atoms with Gasteiger partial charge < -0.3 is 10.5 Å². The molecule has 1 rings (SSSR count). The summed E-state index contributed by atoms with van der Waals surface area (Å²) < 4.78 is 31.4.